The lowest BCUT2D eigenvalue weighted by atomic mass is 9.80. The summed E-state index contributed by atoms with van der Waals surface area (Å²) >= 11 is 0. The van der Waals surface area contributed by atoms with E-state index in [0.717, 1.165) is 25.0 Å². The zero-order valence-corrected chi connectivity index (χ0v) is 21.9. The molecule has 5 rings (SSSR count). The van der Waals surface area contributed by atoms with Crippen molar-refractivity contribution in [2.45, 2.75) is 17.8 Å². The molecule has 2 heterocycles. The molecular weight excluding hydrogens is 502 g/mol. The van der Waals surface area contributed by atoms with Gasteiger partial charge in [-0.15, -0.1) is 0 Å². The van der Waals surface area contributed by atoms with E-state index < -0.39 is 28.0 Å². The van der Waals surface area contributed by atoms with Crippen molar-refractivity contribution in [2.24, 2.45) is 0 Å². The van der Waals surface area contributed by atoms with Crippen LogP contribution in [0.15, 0.2) is 110 Å². The lowest BCUT2D eigenvalue weighted by Crippen LogP contribution is -2.38. The van der Waals surface area contributed by atoms with Gasteiger partial charge in [-0.05, 0) is 22.8 Å². The Kier molecular flexibility index (Phi) is 7.18. The fourth-order valence-corrected chi connectivity index (χ4v) is 5.52. The molecule has 0 saturated heterocycles. The van der Waals surface area contributed by atoms with Gasteiger partial charge in [-0.3, -0.25) is 0 Å². The van der Waals surface area contributed by atoms with E-state index in [-0.39, 0.29) is 18.1 Å². The fraction of sp³-hybridized carbons (Fsp3) is 0.207. The Morgan fingerprint density at radius 3 is 1.89 bits per heavy atom. The van der Waals surface area contributed by atoms with Crippen molar-refractivity contribution in [2.75, 3.05) is 20.7 Å². The Bertz CT molecular complexity index is 1410. The van der Waals surface area contributed by atoms with Gasteiger partial charge in [0, 0.05) is 14.1 Å². The Labute approximate surface area is 222 Å². The maximum absolute atomic E-state index is 12.7. The van der Waals surface area contributed by atoms with Crippen LogP contribution < -0.4 is 0 Å². The van der Waals surface area contributed by atoms with Gasteiger partial charge in [0.1, 0.15) is 29.5 Å². The molecule has 0 amide bonds. The fourth-order valence-electron chi connectivity index (χ4n) is 4.60. The summed E-state index contributed by atoms with van der Waals surface area (Å²) in [6.07, 6.45) is 2.30. The van der Waals surface area contributed by atoms with Gasteiger partial charge in [0.25, 0.3) is 0 Å². The van der Waals surface area contributed by atoms with Crippen LogP contribution in [0.5, 0.6) is 0 Å². The number of aliphatic hydroxyl groups excluding tert-OH is 1. The molecule has 0 saturated carbocycles. The maximum atomic E-state index is 12.7. The number of benzene rings is 3. The van der Waals surface area contributed by atoms with Gasteiger partial charge < -0.3 is 14.6 Å². The third-order valence-electron chi connectivity index (χ3n) is 6.55. The lowest BCUT2D eigenvalue weighted by molar-refractivity contribution is -0.0576. The van der Waals surface area contributed by atoms with E-state index in [9.17, 15) is 13.5 Å². The Morgan fingerprint density at radius 2 is 1.42 bits per heavy atom. The average Bonchev–Trinajstić information content (AvgIpc) is 3.58. The van der Waals surface area contributed by atoms with E-state index >= 15 is 0 Å². The second-order valence-electron chi connectivity index (χ2n) is 9.13. The summed E-state index contributed by atoms with van der Waals surface area (Å²) in [5, 5.41) is 10.9. The lowest BCUT2D eigenvalue weighted by Gasteiger charge is -2.37. The van der Waals surface area contributed by atoms with Crippen LogP contribution in [0.3, 0.4) is 0 Å². The molecular formula is C29H29N3O5S. The molecule has 1 aliphatic heterocycles. The van der Waals surface area contributed by atoms with Gasteiger partial charge in [0.2, 0.25) is 0 Å². The molecule has 9 heteroatoms. The number of rotatable bonds is 9. The number of aromatic nitrogens is 2. The number of hydrogen-bond donors (Lipinski definition) is 1. The van der Waals surface area contributed by atoms with Crippen LogP contribution in [-0.4, -0.2) is 59.7 Å². The van der Waals surface area contributed by atoms with Crippen LogP contribution in [-0.2, 0) is 25.3 Å². The molecule has 3 aromatic carbocycles. The summed E-state index contributed by atoms with van der Waals surface area (Å²) in [5.74, 6) is 0.221. The topological polar surface area (TPSA) is 93.9 Å². The Hall–Kier alpha value is -3.76. The molecule has 1 aliphatic rings. The van der Waals surface area contributed by atoms with Gasteiger partial charge in [0.15, 0.2) is 6.10 Å². The summed E-state index contributed by atoms with van der Waals surface area (Å²) in [7, 11) is -0.956. The maximum Gasteiger partial charge on any atom is 0.308 e. The highest BCUT2D eigenvalue weighted by Gasteiger charge is 2.40. The summed E-state index contributed by atoms with van der Waals surface area (Å²) < 4.78 is 40.4. The van der Waals surface area contributed by atoms with E-state index in [4.69, 9.17) is 9.47 Å². The first-order valence-corrected chi connectivity index (χ1v) is 13.6. The minimum absolute atomic E-state index is 0.0222. The van der Waals surface area contributed by atoms with Gasteiger partial charge >= 0.3 is 10.2 Å². The summed E-state index contributed by atoms with van der Waals surface area (Å²) in [6.45, 7) is 0.0222. The Morgan fingerprint density at radius 1 is 0.921 bits per heavy atom. The van der Waals surface area contributed by atoms with Gasteiger partial charge in [-0.25, -0.2) is 8.96 Å². The monoisotopic (exact) mass is 531 g/mol. The predicted molar refractivity (Wildman–Crippen MR) is 144 cm³/mol. The zero-order chi connectivity index (χ0) is 26.8. The van der Waals surface area contributed by atoms with Crippen LogP contribution in [0, 0.1) is 0 Å². The second kappa shape index (κ2) is 10.5. The molecule has 2 atom stereocenters. The highest BCUT2D eigenvalue weighted by molar-refractivity contribution is 7.87. The van der Waals surface area contributed by atoms with Crippen molar-refractivity contribution in [1.29, 1.82) is 0 Å². The van der Waals surface area contributed by atoms with Crippen molar-refractivity contribution in [1.82, 2.24) is 13.3 Å². The molecule has 0 radical (unpaired) electrons. The zero-order valence-electron chi connectivity index (χ0n) is 21.1. The van der Waals surface area contributed by atoms with Crippen molar-refractivity contribution >= 4 is 16.0 Å². The number of nitrogens with zero attached hydrogens (tertiary/aromatic N) is 3. The first-order chi connectivity index (χ1) is 18.3. The highest BCUT2D eigenvalue weighted by Crippen LogP contribution is 2.41. The summed E-state index contributed by atoms with van der Waals surface area (Å²) in [4.78, 5) is 3.99. The Balaban J connectivity index is 1.49. The minimum atomic E-state index is -3.83. The van der Waals surface area contributed by atoms with Crippen molar-refractivity contribution in [3.05, 3.63) is 132 Å². The van der Waals surface area contributed by atoms with Gasteiger partial charge in [-0.1, -0.05) is 91.0 Å². The van der Waals surface area contributed by atoms with E-state index in [1.54, 1.807) is 0 Å². The molecule has 0 fully saturated rings. The molecule has 0 unspecified atom stereocenters. The third kappa shape index (κ3) is 4.65. The molecule has 8 nitrogen and oxygen atoms in total. The quantitative estimate of drug-likeness (QED) is 0.332. The van der Waals surface area contributed by atoms with Crippen LogP contribution in [0.2, 0.25) is 0 Å². The minimum Gasteiger partial charge on any atom is -0.483 e. The van der Waals surface area contributed by atoms with Crippen LogP contribution in [0.1, 0.15) is 22.4 Å². The van der Waals surface area contributed by atoms with Crippen LogP contribution >= 0.6 is 0 Å². The smallest absolute Gasteiger partial charge is 0.308 e. The van der Waals surface area contributed by atoms with E-state index in [1.807, 2.05) is 91.0 Å². The molecule has 1 N–H and O–H groups in total. The van der Waals surface area contributed by atoms with E-state index in [1.165, 1.54) is 32.7 Å². The van der Waals surface area contributed by atoms with E-state index in [0.29, 0.717) is 0 Å². The highest BCUT2D eigenvalue weighted by atomic mass is 32.2. The summed E-state index contributed by atoms with van der Waals surface area (Å²) in [6, 6.07) is 29.7. The standard InChI is InChI=1S/C29H29N3O5S/c1-31(2)38(34,35)32-21-30-19-25(32)27-18-26(33)28(37-27)20-36-29(22-12-6-3-7-13-22,23-14-8-4-9-15-23)24-16-10-5-11-17-24/h3-19,21,26,28,33H,20H2,1-2H3/t26-,28+/m0/s1. The summed E-state index contributed by atoms with van der Waals surface area (Å²) in [5.41, 5.74) is 2.02. The molecule has 0 spiro atoms. The van der Waals surface area contributed by atoms with Crippen LogP contribution in [0.4, 0.5) is 0 Å². The second-order valence-corrected chi connectivity index (χ2v) is 11.2. The molecule has 0 aliphatic carbocycles. The first kappa shape index (κ1) is 25.9. The SMILES string of the molecule is CN(C)S(=O)(=O)n1cncc1C1=C[C@H](O)[C@@H](COC(c2ccccc2)(c2ccccc2)c2ccccc2)O1. The number of hydrogen-bond acceptors (Lipinski definition) is 6. The van der Waals surface area contributed by atoms with Crippen molar-refractivity contribution in [3.63, 3.8) is 0 Å². The first-order valence-electron chi connectivity index (χ1n) is 12.2. The normalized spacial score (nSPS) is 17.8. The molecule has 1 aromatic heterocycles. The number of aliphatic hydroxyl groups is 1. The van der Waals surface area contributed by atoms with E-state index in [2.05, 4.69) is 4.98 Å². The molecule has 38 heavy (non-hydrogen) atoms. The molecule has 0 bridgehead atoms. The van der Waals surface area contributed by atoms with Crippen LogP contribution in [0.25, 0.3) is 5.76 Å². The molecule has 4 aromatic rings. The predicted octanol–water partition coefficient (Wildman–Crippen LogP) is 3.65. The van der Waals surface area contributed by atoms with Crippen molar-refractivity contribution in [3.8, 4) is 0 Å². The van der Waals surface area contributed by atoms with Gasteiger partial charge in [0.05, 0.1) is 12.8 Å². The largest absolute Gasteiger partial charge is 0.483 e. The number of imidazole rings is 1. The third-order valence-corrected chi connectivity index (χ3v) is 8.27. The average molecular weight is 532 g/mol. The number of ether oxygens (including phenoxy) is 2. The van der Waals surface area contributed by atoms with Crippen molar-refractivity contribution < 1.29 is 23.0 Å². The van der Waals surface area contributed by atoms with Gasteiger partial charge in [-0.2, -0.15) is 12.7 Å². The molecule has 196 valence electrons.